The Labute approximate surface area is 153 Å². The van der Waals surface area contributed by atoms with Crippen LogP contribution >= 0.6 is 11.6 Å². The van der Waals surface area contributed by atoms with Crippen molar-refractivity contribution in [2.24, 2.45) is 4.99 Å². The van der Waals surface area contributed by atoms with Gasteiger partial charge >= 0.3 is 6.09 Å². The number of nitrogens with one attached hydrogen (secondary N) is 2. The largest absolute Gasteiger partial charge is 0.453 e. The molecule has 1 aliphatic rings. The number of carbonyl (C=O) groups is 2. The minimum Gasteiger partial charge on any atom is -0.453 e. The van der Waals surface area contributed by atoms with Crippen LogP contribution in [0.3, 0.4) is 0 Å². The molecular weight excluding hydrogens is 356 g/mol. The smallest absolute Gasteiger partial charge is 0.413 e. The first-order valence-electron chi connectivity index (χ1n) is 7.78. The Kier molecular flexibility index (Phi) is 3.93. The van der Waals surface area contributed by atoms with Crippen LogP contribution in [-0.4, -0.2) is 41.2 Å². The standard InChI is InChI=1S/C18H13ClN4O3/c1-26-18(25)23-17-21-12-6-5-9(7-13(12)22-17)16-15-10(14(24)8-20-16)3-2-4-11(15)19/h2-7H,8H2,1H3,(H2,21,22,23,25). The maximum atomic E-state index is 12.1. The topological polar surface area (TPSA) is 96.4 Å². The predicted octanol–water partition coefficient (Wildman–Crippen LogP) is 3.43. The quantitative estimate of drug-likeness (QED) is 0.724. The summed E-state index contributed by atoms with van der Waals surface area (Å²) in [6.07, 6.45) is -0.611. The monoisotopic (exact) mass is 368 g/mol. The highest BCUT2D eigenvalue weighted by molar-refractivity contribution is 6.37. The van der Waals surface area contributed by atoms with Gasteiger partial charge in [-0.1, -0.05) is 29.8 Å². The van der Waals surface area contributed by atoms with Crippen LogP contribution in [0.4, 0.5) is 10.7 Å². The van der Waals surface area contributed by atoms with E-state index >= 15 is 0 Å². The van der Waals surface area contributed by atoms with Crippen molar-refractivity contribution in [3.63, 3.8) is 0 Å². The summed E-state index contributed by atoms with van der Waals surface area (Å²) in [6.45, 7) is 0.0822. The molecule has 26 heavy (non-hydrogen) atoms. The Bertz CT molecular complexity index is 1090. The molecule has 0 saturated heterocycles. The van der Waals surface area contributed by atoms with Gasteiger partial charge in [-0.25, -0.2) is 9.78 Å². The van der Waals surface area contributed by atoms with Gasteiger partial charge in [0.1, 0.15) is 6.54 Å². The lowest BCUT2D eigenvalue weighted by Crippen LogP contribution is -2.20. The summed E-state index contributed by atoms with van der Waals surface area (Å²) >= 11 is 6.33. The van der Waals surface area contributed by atoms with E-state index in [9.17, 15) is 9.59 Å². The number of ether oxygens (including phenoxy) is 1. The fourth-order valence-electron chi connectivity index (χ4n) is 2.91. The van der Waals surface area contributed by atoms with Gasteiger partial charge < -0.3 is 9.72 Å². The van der Waals surface area contributed by atoms with Gasteiger partial charge in [0.25, 0.3) is 0 Å². The van der Waals surface area contributed by atoms with Crippen molar-refractivity contribution in [2.45, 2.75) is 0 Å². The number of aliphatic imine (C=N–C) groups is 1. The van der Waals surface area contributed by atoms with Gasteiger partial charge in [-0.2, -0.15) is 0 Å². The number of carbonyl (C=O) groups excluding carboxylic acids is 2. The third-order valence-electron chi connectivity index (χ3n) is 4.09. The number of hydrogen-bond acceptors (Lipinski definition) is 5. The van der Waals surface area contributed by atoms with Crippen LogP contribution in [0.5, 0.6) is 0 Å². The number of methoxy groups -OCH3 is 1. The van der Waals surface area contributed by atoms with E-state index < -0.39 is 6.09 Å². The highest BCUT2D eigenvalue weighted by Crippen LogP contribution is 2.28. The maximum absolute atomic E-state index is 12.1. The number of amides is 1. The van der Waals surface area contributed by atoms with Crippen LogP contribution in [-0.2, 0) is 4.74 Å². The first-order valence-corrected chi connectivity index (χ1v) is 8.16. The number of rotatable bonds is 2. The number of ketones is 1. The fourth-order valence-corrected chi connectivity index (χ4v) is 3.18. The molecule has 3 aromatic rings. The second-order valence-corrected chi connectivity index (χ2v) is 6.09. The lowest BCUT2D eigenvalue weighted by atomic mass is 9.92. The number of Topliss-reactive ketones (excluding diaryl/α,β-unsaturated/α-hetero) is 1. The van der Waals surface area contributed by atoms with E-state index in [4.69, 9.17) is 11.6 Å². The summed E-state index contributed by atoms with van der Waals surface area (Å²) in [7, 11) is 1.28. The van der Waals surface area contributed by atoms with Crippen LogP contribution in [0.15, 0.2) is 41.4 Å². The van der Waals surface area contributed by atoms with Crippen molar-refractivity contribution < 1.29 is 14.3 Å². The fraction of sp³-hybridized carbons (Fsp3) is 0.111. The normalized spacial score (nSPS) is 13.3. The van der Waals surface area contributed by atoms with Crippen LogP contribution in [0.25, 0.3) is 11.0 Å². The summed E-state index contributed by atoms with van der Waals surface area (Å²) in [5.41, 5.74) is 4.04. The Morgan fingerprint density at radius 3 is 2.96 bits per heavy atom. The summed E-state index contributed by atoms with van der Waals surface area (Å²) in [5.74, 6) is 0.224. The average Bonchev–Trinajstić information content (AvgIpc) is 3.04. The van der Waals surface area contributed by atoms with Crippen LogP contribution in [0.1, 0.15) is 21.5 Å². The van der Waals surface area contributed by atoms with Crippen molar-refractivity contribution in [3.8, 4) is 0 Å². The van der Waals surface area contributed by atoms with Crippen LogP contribution in [0, 0.1) is 0 Å². The minimum absolute atomic E-state index is 0.0570. The molecule has 1 amide bonds. The molecule has 0 unspecified atom stereocenters. The number of aromatic nitrogens is 2. The summed E-state index contributed by atoms with van der Waals surface area (Å²) < 4.78 is 4.56. The molecule has 0 radical (unpaired) electrons. The zero-order valence-corrected chi connectivity index (χ0v) is 14.4. The van der Waals surface area contributed by atoms with Crippen molar-refractivity contribution in [2.75, 3.05) is 19.0 Å². The molecule has 130 valence electrons. The van der Waals surface area contributed by atoms with E-state index in [-0.39, 0.29) is 18.3 Å². The Morgan fingerprint density at radius 2 is 2.15 bits per heavy atom. The van der Waals surface area contributed by atoms with Gasteiger partial charge in [0.15, 0.2) is 5.78 Å². The number of hydrogen-bond donors (Lipinski definition) is 2. The summed E-state index contributed by atoms with van der Waals surface area (Å²) in [4.78, 5) is 35.1. The van der Waals surface area contributed by atoms with E-state index in [0.717, 1.165) is 5.56 Å². The molecule has 1 aliphatic heterocycles. The van der Waals surface area contributed by atoms with Crippen molar-refractivity contribution in [1.29, 1.82) is 0 Å². The van der Waals surface area contributed by atoms with Gasteiger partial charge in [0.2, 0.25) is 5.95 Å². The Balaban J connectivity index is 1.78. The van der Waals surface area contributed by atoms with Crippen LogP contribution < -0.4 is 5.32 Å². The maximum Gasteiger partial charge on any atom is 0.413 e. The number of halogens is 1. The molecular formula is C18H13ClN4O3. The van der Waals surface area contributed by atoms with E-state index in [2.05, 4.69) is 25.0 Å². The van der Waals surface area contributed by atoms with E-state index in [0.29, 0.717) is 32.9 Å². The number of nitrogens with zero attached hydrogens (tertiary/aromatic N) is 2. The van der Waals surface area contributed by atoms with E-state index in [1.807, 2.05) is 12.1 Å². The molecule has 8 heteroatoms. The Hall–Kier alpha value is -3.19. The molecule has 2 aromatic carbocycles. The lowest BCUT2D eigenvalue weighted by Gasteiger charge is -2.17. The zero-order valence-electron chi connectivity index (χ0n) is 13.7. The minimum atomic E-state index is -0.611. The first kappa shape index (κ1) is 16.3. The summed E-state index contributed by atoms with van der Waals surface area (Å²) in [6, 6.07) is 10.8. The molecule has 2 heterocycles. The first-order chi connectivity index (χ1) is 12.6. The number of imidazole rings is 1. The second-order valence-electron chi connectivity index (χ2n) is 5.68. The van der Waals surface area contributed by atoms with Gasteiger partial charge in [0, 0.05) is 16.7 Å². The molecule has 0 saturated carbocycles. The molecule has 2 N–H and O–H groups in total. The average molecular weight is 369 g/mol. The van der Waals surface area contributed by atoms with E-state index in [1.165, 1.54) is 7.11 Å². The third kappa shape index (κ3) is 2.72. The third-order valence-corrected chi connectivity index (χ3v) is 4.41. The number of benzene rings is 2. The van der Waals surface area contributed by atoms with Gasteiger partial charge in [-0.15, -0.1) is 0 Å². The predicted molar refractivity (Wildman–Crippen MR) is 98.4 cm³/mol. The highest BCUT2D eigenvalue weighted by Gasteiger charge is 2.24. The Morgan fingerprint density at radius 1 is 1.31 bits per heavy atom. The molecule has 0 aliphatic carbocycles. The molecule has 0 fully saturated rings. The number of aromatic amines is 1. The molecule has 0 spiro atoms. The van der Waals surface area contributed by atoms with Crippen LogP contribution in [0.2, 0.25) is 5.02 Å². The van der Waals surface area contributed by atoms with Gasteiger partial charge in [-0.05, 0) is 18.2 Å². The number of fused-ring (bicyclic) bond motifs is 2. The van der Waals surface area contributed by atoms with Crippen molar-refractivity contribution in [3.05, 3.63) is 58.1 Å². The number of anilines is 1. The zero-order chi connectivity index (χ0) is 18.3. The van der Waals surface area contributed by atoms with Gasteiger partial charge in [0.05, 0.1) is 28.9 Å². The van der Waals surface area contributed by atoms with Crippen molar-refractivity contribution >= 4 is 46.2 Å². The lowest BCUT2D eigenvalue weighted by molar-refractivity contribution is 0.1000. The molecule has 1 aromatic heterocycles. The summed E-state index contributed by atoms with van der Waals surface area (Å²) in [5, 5.41) is 2.97. The molecule has 0 bridgehead atoms. The number of H-pyrrole nitrogens is 1. The molecule has 4 rings (SSSR count). The van der Waals surface area contributed by atoms with Gasteiger partial charge in [-0.3, -0.25) is 15.1 Å². The highest BCUT2D eigenvalue weighted by atomic mass is 35.5. The van der Waals surface area contributed by atoms with Crippen molar-refractivity contribution in [1.82, 2.24) is 9.97 Å². The molecule has 7 nitrogen and oxygen atoms in total. The molecule has 0 atom stereocenters. The SMILES string of the molecule is COC(=O)Nc1nc2ccc(C3=NCC(=O)c4cccc(Cl)c43)cc2[nH]1. The second kappa shape index (κ2) is 6.27. The van der Waals surface area contributed by atoms with E-state index in [1.54, 1.807) is 24.3 Å².